The van der Waals surface area contributed by atoms with E-state index in [0.29, 0.717) is 4.91 Å². The van der Waals surface area contributed by atoms with Crippen LogP contribution in [0.15, 0.2) is 107 Å². The Balaban J connectivity index is 0.000000322. The average Bonchev–Trinajstić information content (AvgIpc) is 4.22. The van der Waals surface area contributed by atoms with E-state index in [1.54, 1.807) is 0 Å². The van der Waals surface area contributed by atoms with Gasteiger partial charge in [0.1, 0.15) is 21.8 Å². The van der Waals surface area contributed by atoms with Crippen LogP contribution in [0.2, 0.25) is 10.3 Å². The van der Waals surface area contributed by atoms with Crippen LogP contribution in [0, 0.1) is 41.9 Å². The van der Waals surface area contributed by atoms with Crippen LogP contribution in [-0.2, 0) is 20.0 Å². The summed E-state index contributed by atoms with van der Waals surface area (Å²) in [6.45, 7) is -0.250. The number of nitrogens with one attached hydrogen (secondary N) is 1. The van der Waals surface area contributed by atoms with E-state index in [4.69, 9.17) is 50.7 Å². The number of sulfonamides is 2. The third kappa shape index (κ3) is 17.3. The molecule has 2 radical (unpaired) electrons. The summed E-state index contributed by atoms with van der Waals surface area (Å²) in [6, 6.07) is 18.1. The number of hydrogen-bond acceptors (Lipinski definition) is 14. The standard InChI is InChI=1S/C21H18ClF3N4O5S.C15H13ClF3N3O3.C6H7NO3S.CH3I.BH.U/c22-18-15(19(31)28-35(32,33)14-3-1-2-13(30)12-14)4-5-16(26-18)29-10-6-17(27-29)34-11-9-20(7-8-20)21(23,24)25;16-12-9(13(23)24)1-2-10(20-12)22-7-3-11(21-22)25-8-6-14(4-5-14)15(17,18)19;7-11(9,10)6-3-1-2-5(8)4-6;1-2;;/h1-6,10,12,30H,7-9,11H2,(H,28,31);1-3,7H,4-6,8H2,(H,23,24);1-4,8H,(H2,7,9,10);1H3;1H;/i;;;2*1D;. The number of phenols is 2. The molecule has 2 aliphatic rings. The fraction of sp³-hybridized carbons (Fsp3) is 0.302. The van der Waals surface area contributed by atoms with Crippen molar-refractivity contribution in [1.82, 2.24) is 34.3 Å². The first-order valence-corrected chi connectivity index (χ1v) is 26.0. The van der Waals surface area contributed by atoms with Crippen molar-refractivity contribution in [2.45, 2.75) is 60.7 Å². The monoisotopic (exact) mass is 1470 g/mol. The molecule has 8 rings (SSSR count). The summed E-state index contributed by atoms with van der Waals surface area (Å²) >= 11 is 13.8. The van der Waals surface area contributed by atoms with Gasteiger partial charge in [-0.25, -0.2) is 50.8 Å². The first-order chi connectivity index (χ1) is 35.5. The van der Waals surface area contributed by atoms with Crippen molar-refractivity contribution in [3.63, 3.8) is 0 Å². The van der Waals surface area contributed by atoms with Gasteiger partial charge in [-0.1, -0.05) is 57.9 Å². The van der Waals surface area contributed by atoms with Gasteiger partial charge in [-0.2, -0.15) is 26.3 Å². The minimum absolute atomic E-state index is 0. The molecule has 2 fully saturated rings. The fourth-order valence-corrected chi connectivity index (χ4v) is 8.38. The molecule has 0 aliphatic heterocycles. The minimum Gasteiger partial charge on any atom is -0.508 e. The zero-order chi connectivity index (χ0) is 56.9. The van der Waals surface area contributed by atoms with Gasteiger partial charge in [0.2, 0.25) is 21.8 Å². The number of primary sulfonamides is 1. The van der Waals surface area contributed by atoms with E-state index >= 15 is 0 Å². The SMILES string of the molecule is NS(=O)(=O)c1cccc(O)c1.O=C(NS(=O)(=O)c1cccc(O)c1)c1ccc(-n2ccc(OCCC3(C(F)(F)F)CC3)n2)nc1Cl.O=C(O)c1ccc(-n2ccc(OCCC3(C(F)(F)F)CC3)n2)nc1Cl.[2H]CI.[2H][B].[U]. The number of rotatable bonds is 15. The number of aromatic carboxylic acids is 1. The largest absolute Gasteiger partial charge is 0.508 e. The Morgan fingerprint density at radius 3 is 1.51 bits per heavy atom. The molecular formula is C43H42BCl2F6IN8O11S2U. The van der Waals surface area contributed by atoms with Gasteiger partial charge < -0.3 is 24.8 Å². The summed E-state index contributed by atoms with van der Waals surface area (Å²) in [5, 5.41) is 39.6. The third-order valence-electron chi connectivity index (χ3n) is 10.8. The van der Waals surface area contributed by atoms with Crippen LogP contribution in [0.4, 0.5) is 26.3 Å². The molecule has 0 spiro atoms. The summed E-state index contributed by atoms with van der Waals surface area (Å²) in [6.07, 6.45) is -5.36. The molecule has 32 heteroatoms. The first kappa shape index (κ1) is 61.0. The quantitative estimate of drug-likeness (QED) is 0.0214. The molecule has 0 atom stereocenters. The smallest absolute Gasteiger partial charge is 0.394 e. The van der Waals surface area contributed by atoms with Crippen LogP contribution < -0.4 is 19.3 Å². The number of nitrogens with zero attached hydrogens (tertiary/aromatic N) is 6. The van der Waals surface area contributed by atoms with Gasteiger partial charge in [-0.15, -0.1) is 10.2 Å². The van der Waals surface area contributed by atoms with Gasteiger partial charge in [0.25, 0.3) is 15.9 Å². The van der Waals surface area contributed by atoms with Crippen LogP contribution >= 0.6 is 45.8 Å². The van der Waals surface area contributed by atoms with Crippen molar-refractivity contribution in [1.29, 1.82) is 1.34 Å². The number of carbonyl (C=O) groups excluding carboxylic acids is 1. The van der Waals surface area contributed by atoms with Crippen LogP contribution in [0.3, 0.4) is 0 Å². The van der Waals surface area contributed by atoms with Crippen LogP contribution in [-0.4, -0.2) is 114 Å². The maximum atomic E-state index is 13.0. The number of hydrogen-bond donors (Lipinski definition) is 5. The van der Waals surface area contributed by atoms with Gasteiger partial charge in [0.15, 0.2) is 11.6 Å². The van der Waals surface area contributed by atoms with Crippen molar-refractivity contribution in [3.8, 4) is 34.9 Å². The predicted molar refractivity (Wildman–Crippen MR) is 265 cm³/mol. The molecule has 19 nitrogen and oxygen atoms in total. The summed E-state index contributed by atoms with van der Waals surface area (Å²) in [5.41, 5.74) is -3.66. The number of halogens is 9. The number of aromatic hydroxyl groups is 2. The van der Waals surface area contributed by atoms with Gasteiger partial charge in [-0.3, -0.25) is 4.79 Å². The number of carboxylic acid groups (broad SMARTS) is 1. The van der Waals surface area contributed by atoms with E-state index in [0.717, 1.165) is 12.1 Å². The molecule has 0 unspecified atom stereocenters. The maximum Gasteiger partial charge on any atom is 0.394 e. The Hall–Kier alpha value is -4.83. The molecule has 4 aromatic heterocycles. The number of carboxylic acids is 1. The molecular weight excluding hydrogens is 1430 g/mol. The Morgan fingerprint density at radius 1 is 0.760 bits per heavy atom. The molecule has 0 saturated heterocycles. The summed E-state index contributed by atoms with van der Waals surface area (Å²) < 4.78 is 150. The summed E-state index contributed by atoms with van der Waals surface area (Å²) in [7, 11) is -4.22. The molecule has 6 N–H and O–H groups in total. The fourth-order valence-electron chi connectivity index (χ4n) is 6.36. The Labute approximate surface area is 476 Å². The number of alkyl halides is 7. The molecule has 1 amide bonds. The molecule has 75 heavy (non-hydrogen) atoms. The average molecular weight is 1470 g/mol. The molecule has 2 aliphatic carbocycles. The summed E-state index contributed by atoms with van der Waals surface area (Å²) in [4.78, 5) is 31.4. The van der Waals surface area contributed by atoms with E-state index in [1.807, 2.05) is 27.3 Å². The van der Waals surface area contributed by atoms with E-state index in [-0.39, 0.29) is 149 Å². The predicted octanol–water partition coefficient (Wildman–Crippen LogP) is 8.03. The van der Waals surface area contributed by atoms with Crippen molar-refractivity contribution in [2.24, 2.45) is 16.0 Å². The van der Waals surface area contributed by atoms with Crippen LogP contribution in [0.1, 0.15) is 60.6 Å². The number of carbonyl (C=O) groups is 2. The molecule has 4 heterocycles. The van der Waals surface area contributed by atoms with E-state index in [2.05, 4.69) is 28.5 Å². The second-order valence-corrected chi connectivity index (χ2v) is 19.7. The first-order valence-electron chi connectivity index (χ1n) is 21.9. The van der Waals surface area contributed by atoms with Crippen molar-refractivity contribution >= 4 is 86.1 Å². The molecule has 2 saturated carbocycles. The molecule has 402 valence electrons. The zero-order valence-electron chi connectivity index (χ0n) is 40.3. The van der Waals surface area contributed by atoms with E-state index < -0.39 is 55.1 Å². The Morgan fingerprint density at radius 2 is 1.16 bits per heavy atom. The normalized spacial score (nSPS) is 14.3. The number of benzene rings is 2. The van der Waals surface area contributed by atoms with Gasteiger partial charge >= 0.3 is 18.3 Å². The number of nitrogens with two attached hydrogens (primary N) is 1. The Kier molecular flexibility index (Phi) is 21.5. The zero-order valence-corrected chi connectivity index (χ0v) is 47.7. The number of amides is 1. The summed E-state index contributed by atoms with van der Waals surface area (Å²) in [5.74, 6) is -1.99. The van der Waals surface area contributed by atoms with Gasteiger partial charge in [0.05, 0.1) is 45.0 Å². The molecule has 6 aromatic rings. The maximum absolute atomic E-state index is 13.0. The second kappa shape index (κ2) is 26.5. The molecule has 0 bridgehead atoms. The van der Waals surface area contributed by atoms with Crippen molar-refractivity contribution in [3.05, 3.63) is 119 Å². The molecule has 2 aromatic carbocycles. The van der Waals surface area contributed by atoms with E-state index in [1.165, 1.54) is 94.6 Å². The van der Waals surface area contributed by atoms with Crippen molar-refractivity contribution in [2.75, 3.05) is 18.1 Å². The Bertz CT molecular complexity index is 3200. The third-order valence-corrected chi connectivity index (χ3v) is 13.6. The van der Waals surface area contributed by atoms with Gasteiger partial charge in [-0.05, 0) is 99.4 Å². The minimum atomic E-state index is -4.28. The number of aromatic nitrogens is 6. The van der Waals surface area contributed by atoms with Crippen LogP contribution in [0.5, 0.6) is 23.3 Å². The number of ether oxygens (including phenoxy) is 2. The van der Waals surface area contributed by atoms with E-state index in [9.17, 15) is 57.9 Å². The number of pyridine rings is 2. The second-order valence-electron chi connectivity index (χ2n) is 15.7. The van der Waals surface area contributed by atoms with Gasteiger partial charge in [0, 0.05) is 71.5 Å². The topological polar surface area (TPSA) is 281 Å². The number of phenolic OH excluding ortho intramolecular Hbond substituents is 2. The van der Waals surface area contributed by atoms with Crippen molar-refractivity contribution < 1.29 is 110 Å². The van der Waals surface area contributed by atoms with Crippen LogP contribution in [0.25, 0.3) is 11.6 Å².